The van der Waals surface area contributed by atoms with Gasteiger partial charge in [0.1, 0.15) is 12.4 Å². The summed E-state index contributed by atoms with van der Waals surface area (Å²) in [5.74, 6) is 0.501. The van der Waals surface area contributed by atoms with Crippen LogP contribution in [0, 0.1) is 11.8 Å². The Morgan fingerprint density at radius 2 is 1.91 bits per heavy atom. The van der Waals surface area contributed by atoms with Gasteiger partial charge < -0.3 is 14.3 Å². The van der Waals surface area contributed by atoms with Gasteiger partial charge in [-0.15, -0.1) is 6.58 Å². The van der Waals surface area contributed by atoms with Crippen LogP contribution in [0.25, 0.3) is 0 Å². The molecule has 1 aromatic carbocycles. The van der Waals surface area contributed by atoms with Crippen molar-refractivity contribution in [3.05, 3.63) is 54.6 Å². The van der Waals surface area contributed by atoms with E-state index in [9.17, 15) is 18.3 Å². The van der Waals surface area contributed by atoms with E-state index in [0.717, 1.165) is 31.4 Å². The lowest BCUT2D eigenvalue weighted by molar-refractivity contribution is -0.137. The van der Waals surface area contributed by atoms with E-state index in [0.29, 0.717) is 0 Å². The van der Waals surface area contributed by atoms with Crippen molar-refractivity contribution < 1.29 is 27.4 Å². The Morgan fingerprint density at radius 3 is 2.50 bits per heavy atom. The second kappa shape index (κ2) is 10.6. The summed E-state index contributed by atoms with van der Waals surface area (Å²) in [5.41, 5.74) is -0.736. The monoisotopic (exact) mass is 470 g/mol. The first-order valence-electron chi connectivity index (χ1n) is 11.2. The van der Waals surface area contributed by atoms with Crippen molar-refractivity contribution in [2.24, 2.45) is 11.8 Å². The van der Waals surface area contributed by atoms with E-state index < -0.39 is 26.2 Å². The molecule has 0 saturated heterocycles. The molecule has 0 aliphatic heterocycles. The first kappa shape index (κ1) is 26.7. The van der Waals surface area contributed by atoms with Crippen molar-refractivity contribution in [3.8, 4) is 5.75 Å². The first-order valence-corrected chi connectivity index (χ1v) is 14.1. The van der Waals surface area contributed by atoms with E-state index in [1.165, 1.54) is 12.1 Å². The highest BCUT2D eigenvalue weighted by molar-refractivity contribution is 6.74. The molecule has 0 heterocycles. The fourth-order valence-corrected chi connectivity index (χ4v) is 4.99. The van der Waals surface area contributed by atoms with Crippen LogP contribution in [0.4, 0.5) is 13.2 Å². The summed E-state index contributed by atoms with van der Waals surface area (Å²) < 4.78 is 51.4. The lowest BCUT2D eigenvalue weighted by Gasteiger charge is -2.38. The molecule has 1 saturated carbocycles. The van der Waals surface area contributed by atoms with Crippen molar-refractivity contribution in [2.45, 2.75) is 76.6 Å². The average Bonchev–Trinajstić information content (AvgIpc) is 3.02. The molecule has 32 heavy (non-hydrogen) atoms. The summed E-state index contributed by atoms with van der Waals surface area (Å²) in [7, 11) is -2.15. The highest BCUT2D eigenvalue weighted by atomic mass is 28.4. The summed E-state index contributed by atoms with van der Waals surface area (Å²) in [6, 6.07) is 4.91. The zero-order valence-electron chi connectivity index (χ0n) is 19.8. The van der Waals surface area contributed by atoms with E-state index in [-0.39, 0.29) is 35.3 Å². The summed E-state index contributed by atoms with van der Waals surface area (Å²) in [4.78, 5) is 0. The van der Waals surface area contributed by atoms with Crippen LogP contribution in [-0.4, -0.2) is 32.2 Å². The minimum absolute atomic E-state index is 0.0236. The first-order chi connectivity index (χ1) is 14.7. The van der Waals surface area contributed by atoms with Gasteiger partial charge in [-0.3, -0.25) is 0 Å². The van der Waals surface area contributed by atoms with E-state index in [1.807, 2.05) is 12.2 Å². The fraction of sp³-hybridized carbons (Fsp3) is 0.600. The third kappa shape index (κ3) is 7.22. The molecule has 3 nitrogen and oxygen atoms in total. The van der Waals surface area contributed by atoms with Crippen LogP contribution in [-0.2, 0) is 10.6 Å². The molecule has 1 aliphatic rings. The van der Waals surface area contributed by atoms with Gasteiger partial charge >= 0.3 is 6.18 Å². The fourth-order valence-electron chi connectivity index (χ4n) is 3.73. The third-order valence-corrected chi connectivity index (χ3v) is 11.2. The third-order valence-electron chi connectivity index (χ3n) is 6.68. The number of alkyl halides is 3. The quantitative estimate of drug-likeness (QED) is 0.312. The molecular weight excluding hydrogens is 433 g/mol. The Balaban J connectivity index is 2.19. The molecule has 180 valence electrons. The second-order valence-corrected chi connectivity index (χ2v) is 14.9. The largest absolute Gasteiger partial charge is 0.491 e. The summed E-state index contributed by atoms with van der Waals surface area (Å²) in [5, 5.41) is 10.2. The van der Waals surface area contributed by atoms with Crippen LogP contribution in [0.15, 0.2) is 49.1 Å². The van der Waals surface area contributed by atoms with Gasteiger partial charge in [0.2, 0.25) is 0 Å². The second-order valence-electron chi connectivity index (χ2n) is 10.1. The van der Waals surface area contributed by atoms with Gasteiger partial charge in [0.25, 0.3) is 0 Å². The van der Waals surface area contributed by atoms with Crippen molar-refractivity contribution in [2.75, 3.05) is 6.61 Å². The molecule has 0 spiro atoms. The van der Waals surface area contributed by atoms with Gasteiger partial charge in [-0.25, -0.2) is 0 Å². The van der Waals surface area contributed by atoms with Crippen LogP contribution >= 0.6 is 0 Å². The summed E-state index contributed by atoms with van der Waals surface area (Å²) in [6.45, 7) is 14.6. The Morgan fingerprint density at radius 1 is 1.22 bits per heavy atom. The van der Waals surface area contributed by atoms with Gasteiger partial charge in [0, 0.05) is 0 Å². The highest BCUT2D eigenvalue weighted by Crippen LogP contribution is 2.39. The highest BCUT2D eigenvalue weighted by Gasteiger charge is 2.39. The molecule has 0 amide bonds. The van der Waals surface area contributed by atoms with Crippen molar-refractivity contribution >= 4 is 8.32 Å². The lowest BCUT2D eigenvalue weighted by atomic mass is 9.91. The number of hydrogen-bond donors (Lipinski definition) is 1. The van der Waals surface area contributed by atoms with Gasteiger partial charge in [0.05, 0.1) is 17.8 Å². The van der Waals surface area contributed by atoms with Crippen molar-refractivity contribution in [3.63, 3.8) is 0 Å². The number of aliphatic hydroxyl groups is 1. The molecule has 1 fully saturated rings. The molecule has 1 aliphatic carbocycles. The topological polar surface area (TPSA) is 38.7 Å². The number of rotatable bonds is 9. The maximum absolute atomic E-state index is 13.0. The van der Waals surface area contributed by atoms with E-state index >= 15 is 0 Å². The van der Waals surface area contributed by atoms with Crippen molar-refractivity contribution in [1.82, 2.24) is 0 Å². The van der Waals surface area contributed by atoms with Crippen LogP contribution in [0.1, 0.15) is 45.6 Å². The van der Waals surface area contributed by atoms with Crippen LogP contribution in [0.2, 0.25) is 18.1 Å². The molecule has 0 aromatic heterocycles. The van der Waals surface area contributed by atoms with Crippen LogP contribution in [0.5, 0.6) is 5.75 Å². The smallest absolute Gasteiger partial charge is 0.416 e. The maximum atomic E-state index is 13.0. The maximum Gasteiger partial charge on any atom is 0.416 e. The Hall–Kier alpha value is -1.57. The molecule has 0 radical (unpaired) electrons. The normalized spacial score (nSPS) is 23.5. The molecule has 0 bridgehead atoms. The zero-order valence-corrected chi connectivity index (χ0v) is 20.8. The van der Waals surface area contributed by atoms with Crippen molar-refractivity contribution in [1.29, 1.82) is 0 Å². The number of ether oxygens (including phenoxy) is 1. The minimum Gasteiger partial charge on any atom is -0.491 e. The number of benzene rings is 1. The molecule has 1 aromatic rings. The van der Waals surface area contributed by atoms with Gasteiger partial charge in [-0.05, 0) is 67.4 Å². The summed E-state index contributed by atoms with van der Waals surface area (Å²) in [6.07, 6.45) is 3.10. The van der Waals surface area contributed by atoms with E-state index in [2.05, 4.69) is 46.5 Å². The molecule has 4 atom stereocenters. The predicted molar refractivity (Wildman–Crippen MR) is 125 cm³/mol. The van der Waals surface area contributed by atoms with Crippen LogP contribution in [0.3, 0.4) is 0 Å². The molecule has 7 heteroatoms. The standard InChI is InChI=1S/C25H37F3O3Si/c1-7-9-22-18(13-15-23(22)29)12-14-21(31-32(5,6)24(2,3)4)17-30-20-11-8-10-19(16-20)25(26,27)28/h7-8,10-12,14,16,18,21-23,29H,1,9,13,15,17H2,2-6H3/b14-12+/t18-,21+,22+,23+/m0/s1. The van der Waals surface area contributed by atoms with E-state index in [1.54, 1.807) is 0 Å². The number of aliphatic hydroxyl groups excluding tert-OH is 1. The minimum atomic E-state index is -4.42. The number of allylic oxidation sites excluding steroid dienone is 2. The lowest BCUT2D eigenvalue weighted by Crippen LogP contribution is -2.45. The van der Waals surface area contributed by atoms with E-state index in [4.69, 9.17) is 9.16 Å². The molecule has 0 unspecified atom stereocenters. The number of hydrogen-bond acceptors (Lipinski definition) is 3. The molecule has 1 N–H and O–H groups in total. The van der Waals surface area contributed by atoms with Gasteiger partial charge in [0.15, 0.2) is 8.32 Å². The average molecular weight is 471 g/mol. The molecule has 2 rings (SSSR count). The Bertz CT molecular complexity index is 783. The SMILES string of the molecule is C=CC[C@H]1[C@H](O)CC[C@@H]1/C=C/[C@H](COc1cccc(C(F)(F)F)c1)O[Si](C)(C)C(C)(C)C. The summed E-state index contributed by atoms with van der Waals surface area (Å²) >= 11 is 0. The Kier molecular flexibility index (Phi) is 8.81. The van der Waals surface area contributed by atoms with Gasteiger partial charge in [-0.1, -0.05) is 45.1 Å². The Labute approximate surface area is 191 Å². The van der Waals surface area contributed by atoms with Gasteiger partial charge in [-0.2, -0.15) is 13.2 Å². The van der Waals surface area contributed by atoms with Crippen LogP contribution < -0.4 is 4.74 Å². The zero-order chi connectivity index (χ0) is 24.2. The number of halogens is 3. The predicted octanol–water partition coefficient (Wildman–Crippen LogP) is 6.99. The molecular formula is C25H37F3O3Si.